The highest BCUT2D eigenvalue weighted by molar-refractivity contribution is 5.83. The van der Waals surface area contributed by atoms with Crippen molar-refractivity contribution in [2.45, 2.75) is 13.0 Å². The average molecular weight is 162 g/mol. The van der Waals surface area contributed by atoms with E-state index in [1.165, 1.54) is 14.0 Å². The summed E-state index contributed by atoms with van der Waals surface area (Å²) in [6.07, 6.45) is -1.25. The standard InChI is InChI=1S/C5H10N2O4/c1-3(6-5(9)10)4(8)7-11-2/h3,6H,1-2H3,(H,7,8)(H,9,10). The Morgan fingerprint density at radius 3 is 2.45 bits per heavy atom. The van der Waals surface area contributed by atoms with Crippen molar-refractivity contribution in [1.29, 1.82) is 0 Å². The number of rotatable bonds is 3. The van der Waals surface area contributed by atoms with Gasteiger partial charge in [0.25, 0.3) is 5.91 Å². The van der Waals surface area contributed by atoms with Crippen molar-refractivity contribution >= 4 is 12.0 Å². The van der Waals surface area contributed by atoms with E-state index in [2.05, 4.69) is 4.84 Å². The monoisotopic (exact) mass is 162 g/mol. The first-order valence-corrected chi connectivity index (χ1v) is 2.90. The molecule has 2 amide bonds. The molecule has 0 aliphatic carbocycles. The van der Waals surface area contributed by atoms with Crippen molar-refractivity contribution in [1.82, 2.24) is 10.8 Å². The molecule has 0 spiro atoms. The summed E-state index contributed by atoms with van der Waals surface area (Å²) in [5.74, 6) is -0.532. The van der Waals surface area contributed by atoms with Gasteiger partial charge in [-0.15, -0.1) is 0 Å². The van der Waals surface area contributed by atoms with Gasteiger partial charge in [-0.3, -0.25) is 9.63 Å². The van der Waals surface area contributed by atoms with Crippen LogP contribution in [0.4, 0.5) is 4.79 Å². The maximum atomic E-state index is 10.7. The molecule has 0 aromatic heterocycles. The highest BCUT2D eigenvalue weighted by Gasteiger charge is 2.13. The van der Waals surface area contributed by atoms with E-state index in [1.807, 2.05) is 10.8 Å². The van der Waals surface area contributed by atoms with Crippen molar-refractivity contribution in [3.05, 3.63) is 0 Å². The first-order chi connectivity index (χ1) is 5.07. The van der Waals surface area contributed by atoms with Crippen LogP contribution in [0.1, 0.15) is 6.92 Å². The number of hydroxylamine groups is 1. The second-order valence-corrected chi connectivity index (χ2v) is 1.84. The Morgan fingerprint density at radius 1 is 1.55 bits per heavy atom. The molecule has 0 aliphatic rings. The Bertz CT molecular complexity index is 159. The molecule has 3 N–H and O–H groups in total. The number of hydrogen-bond acceptors (Lipinski definition) is 3. The molecule has 0 heterocycles. The van der Waals surface area contributed by atoms with E-state index in [9.17, 15) is 9.59 Å². The van der Waals surface area contributed by atoms with E-state index in [0.29, 0.717) is 0 Å². The number of carboxylic acid groups (broad SMARTS) is 1. The molecule has 0 saturated carbocycles. The number of carbonyl (C=O) groups is 2. The predicted molar refractivity (Wildman–Crippen MR) is 35.8 cm³/mol. The van der Waals surface area contributed by atoms with Crippen LogP contribution in [-0.4, -0.2) is 30.3 Å². The van der Waals surface area contributed by atoms with Crippen molar-refractivity contribution in [2.75, 3.05) is 7.11 Å². The largest absolute Gasteiger partial charge is 0.465 e. The molecule has 0 bridgehead atoms. The van der Waals surface area contributed by atoms with E-state index in [4.69, 9.17) is 5.11 Å². The predicted octanol–water partition coefficient (Wildman–Crippen LogP) is -0.680. The molecule has 0 aromatic rings. The summed E-state index contributed by atoms with van der Waals surface area (Å²) in [6, 6.07) is -0.813. The molecule has 11 heavy (non-hydrogen) atoms. The van der Waals surface area contributed by atoms with Gasteiger partial charge in [0.05, 0.1) is 7.11 Å². The minimum absolute atomic E-state index is 0.532. The Balaban J connectivity index is 3.73. The normalized spacial score (nSPS) is 11.8. The lowest BCUT2D eigenvalue weighted by atomic mass is 10.3. The fourth-order valence-corrected chi connectivity index (χ4v) is 0.440. The van der Waals surface area contributed by atoms with Crippen molar-refractivity contribution in [3.63, 3.8) is 0 Å². The quantitative estimate of drug-likeness (QED) is 0.480. The smallest absolute Gasteiger partial charge is 0.405 e. The van der Waals surface area contributed by atoms with E-state index in [0.717, 1.165) is 0 Å². The van der Waals surface area contributed by atoms with E-state index in [-0.39, 0.29) is 0 Å². The van der Waals surface area contributed by atoms with Crippen LogP contribution in [-0.2, 0) is 9.63 Å². The fraction of sp³-hybridized carbons (Fsp3) is 0.600. The highest BCUT2D eigenvalue weighted by atomic mass is 16.6. The van der Waals surface area contributed by atoms with Gasteiger partial charge in [-0.2, -0.15) is 0 Å². The van der Waals surface area contributed by atoms with Gasteiger partial charge in [-0.1, -0.05) is 0 Å². The maximum absolute atomic E-state index is 10.7. The Labute approximate surface area is 63.5 Å². The maximum Gasteiger partial charge on any atom is 0.405 e. The second kappa shape index (κ2) is 4.51. The minimum atomic E-state index is -1.25. The molecule has 0 aliphatic heterocycles. The molecular weight excluding hydrogens is 152 g/mol. The van der Waals surface area contributed by atoms with Gasteiger partial charge in [-0.05, 0) is 6.92 Å². The summed E-state index contributed by atoms with van der Waals surface area (Å²) in [6.45, 7) is 1.41. The lowest BCUT2D eigenvalue weighted by molar-refractivity contribution is -0.132. The topological polar surface area (TPSA) is 87.7 Å². The zero-order valence-electron chi connectivity index (χ0n) is 6.25. The van der Waals surface area contributed by atoms with Crippen LogP contribution in [0.5, 0.6) is 0 Å². The van der Waals surface area contributed by atoms with Crippen molar-refractivity contribution < 1.29 is 19.5 Å². The molecule has 0 radical (unpaired) electrons. The first kappa shape index (κ1) is 9.70. The van der Waals surface area contributed by atoms with Crippen molar-refractivity contribution in [2.24, 2.45) is 0 Å². The summed E-state index contributed by atoms with van der Waals surface area (Å²) in [5, 5.41) is 10.1. The van der Waals surface area contributed by atoms with Gasteiger partial charge in [0, 0.05) is 0 Å². The Hall–Kier alpha value is -1.30. The van der Waals surface area contributed by atoms with Crippen LogP contribution in [0.25, 0.3) is 0 Å². The van der Waals surface area contributed by atoms with Gasteiger partial charge in [0.2, 0.25) is 0 Å². The third-order valence-electron chi connectivity index (χ3n) is 0.936. The molecular formula is C5H10N2O4. The summed E-state index contributed by atoms with van der Waals surface area (Å²) >= 11 is 0. The molecule has 64 valence electrons. The molecule has 0 aromatic carbocycles. The third kappa shape index (κ3) is 4.15. The van der Waals surface area contributed by atoms with Gasteiger partial charge >= 0.3 is 6.09 Å². The molecule has 0 fully saturated rings. The molecule has 6 heteroatoms. The summed E-state index contributed by atoms with van der Waals surface area (Å²) in [5.41, 5.74) is 1.99. The zero-order valence-corrected chi connectivity index (χ0v) is 6.25. The molecule has 1 unspecified atom stereocenters. The van der Waals surface area contributed by atoms with Crippen LogP contribution in [0.3, 0.4) is 0 Å². The third-order valence-corrected chi connectivity index (χ3v) is 0.936. The molecule has 0 rings (SSSR count). The van der Waals surface area contributed by atoms with Crippen molar-refractivity contribution in [3.8, 4) is 0 Å². The van der Waals surface area contributed by atoms with E-state index >= 15 is 0 Å². The van der Waals surface area contributed by atoms with Gasteiger partial charge in [-0.25, -0.2) is 10.3 Å². The van der Waals surface area contributed by atoms with Crippen LogP contribution in [0, 0.1) is 0 Å². The Morgan fingerprint density at radius 2 is 2.09 bits per heavy atom. The molecule has 6 nitrogen and oxygen atoms in total. The van der Waals surface area contributed by atoms with Crippen LogP contribution >= 0.6 is 0 Å². The van der Waals surface area contributed by atoms with Gasteiger partial charge < -0.3 is 10.4 Å². The van der Waals surface area contributed by atoms with Crippen LogP contribution < -0.4 is 10.8 Å². The molecule has 0 saturated heterocycles. The van der Waals surface area contributed by atoms with E-state index < -0.39 is 18.0 Å². The average Bonchev–Trinajstić information content (AvgIpc) is 1.86. The number of carbonyl (C=O) groups excluding carboxylic acids is 1. The SMILES string of the molecule is CONC(=O)C(C)NC(=O)O. The lowest BCUT2D eigenvalue weighted by Gasteiger charge is -2.09. The zero-order chi connectivity index (χ0) is 8.85. The number of amides is 2. The Kier molecular flexibility index (Phi) is 3.97. The second-order valence-electron chi connectivity index (χ2n) is 1.84. The minimum Gasteiger partial charge on any atom is -0.465 e. The highest BCUT2D eigenvalue weighted by Crippen LogP contribution is 1.80. The molecule has 1 atom stereocenters. The van der Waals surface area contributed by atoms with Gasteiger partial charge in [0.15, 0.2) is 0 Å². The first-order valence-electron chi connectivity index (χ1n) is 2.90. The summed E-state index contributed by atoms with van der Waals surface area (Å²) < 4.78 is 0. The number of nitrogens with one attached hydrogen (secondary N) is 2. The van der Waals surface area contributed by atoms with Crippen LogP contribution in [0.2, 0.25) is 0 Å². The fourth-order valence-electron chi connectivity index (χ4n) is 0.440. The lowest BCUT2D eigenvalue weighted by Crippen LogP contribution is -2.43. The number of hydrogen-bond donors (Lipinski definition) is 3. The van der Waals surface area contributed by atoms with Gasteiger partial charge in [0.1, 0.15) is 6.04 Å². The van der Waals surface area contributed by atoms with Crippen LogP contribution in [0.15, 0.2) is 0 Å². The summed E-state index contributed by atoms with van der Waals surface area (Å²) in [7, 11) is 1.27. The summed E-state index contributed by atoms with van der Waals surface area (Å²) in [4.78, 5) is 25.0. The van der Waals surface area contributed by atoms with E-state index in [1.54, 1.807) is 0 Å².